The van der Waals surface area contributed by atoms with Crippen molar-refractivity contribution in [2.24, 2.45) is 0 Å². The van der Waals surface area contributed by atoms with E-state index in [2.05, 4.69) is 5.32 Å². The minimum Gasteiger partial charge on any atom is -0.457 e. The summed E-state index contributed by atoms with van der Waals surface area (Å²) in [5, 5.41) is 3.42. The van der Waals surface area contributed by atoms with Gasteiger partial charge in [0, 0.05) is 18.8 Å². The van der Waals surface area contributed by atoms with Crippen molar-refractivity contribution in [1.29, 1.82) is 0 Å². The van der Waals surface area contributed by atoms with Gasteiger partial charge in [0.2, 0.25) is 0 Å². The third kappa shape index (κ3) is 5.64. The Bertz CT molecular complexity index is 738. The minimum atomic E-state index is -0.466. The summed E-state index contributed by atoms with van der Waals surface area (Å²) in [4.78, 5) is 14.2. The lowest BCUT2D eigenvalue weighted by Crippen LogP contribution is -2.42. The average molecular weight is 368 g/mol. The maximum Gasteiger partial charge on any atom is 0.410 e. The summed E-state index contributed by atoms with van der Waals surface area (Å²) in [6, 6.07) is 17.7. The monoisotopic (exact) mass is 368 g/mol. The van der Waals surface area contributed by atoms with Crippen LogP contribution in [0.5, 0.6) is 11.5 Å². The Morgan fingerprint density at radius 1 is 1.07 bits per heavy atom. The van der Waals surface area contributed by atoms with Gasteiger partial charge in [-0.15, -0.1) is 0 Å². The van der Waals surface area contributed by atoms with Crippen LogP contribution in [0.1, 0.15) is 33.6 Å². The van der Waals surface area contributed by atoms with Crippen LogP contribution in [-0.2, 0) is 4.74 Å². The molecule has 1 N–H and O–H groups in total. The summed E-state index contributed by atoms with van der Waals surface area (Å²) in [6.45, 7) is 7.15. The Morgan fingerprint density at radius 2 is 1.74 bits per heavy atom. The second-order valence-electron chi connectivity index (χ2n) is 7.79. The number of hydrogen-bond acceptors (Lipinski definition) is 4. The molecular weight excluding hydrogens is 340 g/mol. The largest absolute Gasteiger partial charge is 0.457 e. The number of nitrogens with zero attached hydrogens (tertiary/aromatic N) is 1. The van der Waals surface area contributed by atoms with E-state index >= 15 is 0 Å². The molecule has 1 heterocycles. The molecule has 1 amide bonds. The molecule has 1 fully saturated rings. The standard InChI is InChI=1S/C22H28N2O3/c1-22(2,3)27-21(25)24-15-7-8-18(24)16-23-17-11-13-20(14-12-17)26-19-9-5-4-6-10-19/h4-6,9-14,18,23H,7-8,15-16H2,1-3H3. The van der Waals surface area contributed by atoms with Crippen LogP contribution < -0.4 is 10.1 Å². The zero-order valence-corrected chi connectivity index (χ0v) is 16.3. The fourth-order valence-corrected chi connectivity index (χ4v) is 3.11. The van der Waals surface area contributed by atoms with Crippen LogP contribution in [0.3, 0.4) is 0 Å². The number of benzene rings is 2. The second kappa shape index (κ2) is 8.33. The number of carbonyl (C=O) groups excluding carboxylic acids is 1. The van der Waals surface area contributed by atoms with Crippen molar-refractivity contribution in [1.82, 2.24) is 4.90 Å². The molecule has 2 aromatic rings. The first-order valence-electron chi connectivity index (χ1n) is 9.47. The summed E-state index contributed by atoms with van der Waals surface area (Å²) in [5.41, 5.74) is 0.540. The van der Waals surface area contributed by atoms with Gasteiger partial charge in [-0.3, -0.25) is 0 Å². The Kier molecular flexibility index (Phi) is 5.89. The van der Waals surface area contributed by atoms with Gasteiger partial charge in [0.1, 0.15) is 17.1 Å². The molecule has 3 rings (SSSR count). The average Bonchev–Trinajstić information content (AvgIpc) is 3.09. The maximum atomic E-state index is 12.4. The van der Waals surface area contributed by atoms with Gasteiger partial charge in [-0.05, 0) is 70.0 Å². The number of likely N-dealkylation sites (tertiary alicyclic amines) is 1. The third-order valence-corrected chi connectivity index (χ3v) is 4.38. The van der Waals surface area contributed by atoms with E-state index in [0.29, 0.717) is 6.54 Å². The SMILES string of the molecule is CC(C)(C)OC(=O)N1CCCC1CNc1ccc(Oc2ccccc2)cc1. The summed E-state index contributed by atoms with van der Waals surface area (Å²) >= 11 is 0. The molecule has 1 saturated heterocycles. The first-order chi connectivity index (χ1) is 12.9. The lowest BCUT2D eigenvalue weighted by atomic mass is 10.2. The first kappa shape index (κ1) is 19.1. The molecule has 5 nitrogen and oxygen atoms in total. The molecule has 0 radical (unpaired) electrons. The normalized spacial score (nSPS) is 16.9. The van der Waals surface area contributed by atoms with Crippen LogP contribution in [0.2, 0.25) is 0 Å². The molecule has 0 spiro atoms. The third-order valence-electron chi connectivity index (χ3n) is 4.38. The van der Waals surface area contributed by atoms with Gasteiger partial charge in [-0.25, -0.2) is 4.79 Å². The van der Waals surface area contributed by atoms with Gasteiger partial charge in [-0.1, -0.05) is 18.2 Å². The summed E-state index contributed by atoms with van der Waals surface area (Å²) in [6.07, 6.45) is 1.77. The highest BCUT2D eigenvalue weighted by molar-refractivity contribution is 5.69. The van der Waals surface area contributed by atoms with Crippen molar-refractivity contribution in [2.75, 3.05) is 18.4 Å². The Hall–Kier alpha value is -2.69. The predicted octanol–water partition coefficient (Wildman–Crippen LogP) is 5.29. The van der Waals surface area contributed by atoms with Gasteiger partial charge >= 0.3 is 6.09 Å². The quantitative estimate of drug-likeness (QED) is 0.779. The minimum absolute atomic E-state index is 0.153. The van der Waals surface area contributed by atoms with E-state index in [1.807, 2.05) is 80.3 Å². The zero-order valence-electron chi connectivity index (χ0n) is 16.3. The number of rotatable bonds is 5. The van der Waals surface area contributed by atoms with E-state index in [0.717, 1.165) is 36.6 Å². The fourth-order valence-electron chi connectivity index (χ4n) is 3.11. The van der Waals surface area contributed by atoms with Crippen LogP contribution in [0.25, 0.3) is 0 Å². The molecule has 27 heavy (non-hydrogen) atoms. The molecule has 1 aliphatic heterocycles. The lowest BCUT2D eigenvalue weighted by molar-refractivity contribution is 0.0235. The summed E-state index contributed by atoms with van der Waals surface area (Å²) in [5.74, 6) is 1.61. The van der Waals surface area contributed by atoms with E-state index in [-0.39, 0.29) is 12.1 Å². The molecule has 0 saturated carbocycles. The van der Waals surface area contributed by atoms with Gasteiger partial charge in [0.25, 0.3) is 0 Å². The van der Waals surface area contributed by atoms with Crippen molar-refractivity contribution in [3.8, 4) is 11.5 Å². The van der Waals surface area contributed by atoms with E-state index in [9.17, 15) is 4.79 Å². The van der Waals surface area contributed by atoms with Crippen molar-refractivity contribution in [3.63, 3.8) is 0 Å². The molecule has 144 valence electrons. The van der Waals surface area contributed by atoms with Crippen molar-refractivity contribution in [2.45, 2.75) is 45.3 Å². The number of hydrogen-bond donors (Lipinski definition) is 1. The van der Waals surface area contributed by atoms with Crippen LogP contribution in [0.15, 0.2) is 54.6 Å². The number of carbonyl (C=O) groups is 1. The molecule has 0 aliphatic carbocycles. The molecule has 0 bridgehead atoms. The van der Waals surface area contributed by atoms with Gasteiger partial charge in [0.05, 0.1) is 6.04 Å². The maximum absolute atomic E-state index is 12.4. The molecule has 5 heteroatoms. The van der Waals surface area contributed by atoms with Crippen molar-refractivity contribution >= 4 is 11.8 Å². The molecular formula is C22H28N2O3. The Labute approximate surface area is 161 Å². The topological polar surface area (TPSA) is 50.8 Å². The van der Waals surface area contributed by atoms with Crippen LogP contribution >= 0.6 is 0 Å². The number of ether oxygens (including phenoxy) is 2. The number of anilines is 1. The molecule has 0 aromatic heterocycles. The zero-order chi connectivity index (χ0) is 19.3. The molecule has 1 atom stereocenters. The number of para-hydroxylation sites is 1. The van der Waals surface area contributed by atoms with Crippen LogP contribution in [-0.4, -0.2) is 35.7 Å². The highest BCUT2D eigenvalue weighted by Crippen LogP contribution is 2.24. The fraction of sp³-hybridized carbons (Fsp3) is 0.409. The Morgan fingerprint density at radius 3 is 2.41 bits per heavy atom. The highest BCUT2D eigenvalue weighted by atomic mass is 16.6. The molecule has 1 aliphatic rings. The van der Waals surface area contributed by atoms with E-state index < -0.39 is 5.60 Å². The van der Waals surface area contributed by atoms with E-state index in [4.69, 9.17) is 9.47 Å². The lowest BCUT2D eigenvalue weighted by Gasteiger charge is -2.29. The predicted molar refractivity (Wildman–Crippen MR) is 107 cm³/mol. The smallest absolute Gasteiger partial charge is 0.410 e. The van der Waals surface area contributed by atoms with E-state index in [1.54, 1.807) is 0 Å². The highest BCUT2D eigenvalue weighted by Gasteiger charge is 2.31. The summed E-state index contributed by atoms with van der Waals surface area (Å²) < 4.78 is 11.3. The van der Waals surface area contributed by atoms with Crippen molar-refractivity contribution < 1.29 is 14.3 Å². The number of nitrogens with one attached hydrogen (secondary N) is 1. The van der Waals surface area contributed by atoms with E-state index in [1.165, 1.54) is 0 Å². The number of amides is 1. The molecule has 1 unspecified atom stereocenters. The van der Waals surface area contributed by atoms with Crippen molar-refractivity contribution in [3.05, 3.63) is 54.6 Å². The van der Waals surface area contributed by atoms with Crippen LogP contribution in [0, 0.1) is 0 Å². The molecule has 2 aromatic carbocycles. The summed E-state index contributed by atoms with van der Waals surface area (Å²) in [7, 11) is 0. The van der Waals surface area contributed by atoms with Gasteiger partial charge in [-0.2, -0.15) is 0 Å². The first-order valence-corrected chi connectivity index (χ1v) is 9.47. The van der Waals surface area contributed by atoms with Gasteiger partial charge < -0.3 is 19.7 Å². The Balaban J connectivity index is 1.52. The second-order valence-corrected chi connectivity index (χ2v) is 7.79. The van der Waals surface area contributed by atoms with Crippen LogP contribution in [0.4, 0.5) is 10.5 Å². The van der Waals surface area contributed by atoms with Gasteiger partial charge in [0.15, 0.2) is 0 Å².